The molecule has 10 heavy (non-hydrogen) atoms. The maximum Gasteiger partial charge on any atom is 0.337 e. The normalized spacial score (nSPS) is 16.0. The Morgan fingerprint density at radius 2 is 2.30 bits per heavy atom. The molecule has 0 heterocycles. The predicted molar refractivity (Wildman–Crippen MR) is 44.4 cm³/mol. The van der Waals surface area contributed by atoms with E-state index in [0.717, 1.165) is 0 Å². The van der Waals surface area contributed by atoms with Crippen LogP contribution in [-0.4, -0.2) is 23.0 Å². The topological polar surface area (TPSA) is 26.3 Å². The van der Waals surface area contributed by atoms with Crippen molar-refractivity contribution >= 4 is 29.3 Å². The number of carbonyl (C=O) groups excluding carboxylic acids is 1. The van der Waals surface area contributed by atoms with Crippen molar-refractivity contribution in [1.29, 1.82) is 0 Å². The highest BCUT2D eigenvalue weighted by atomic mass is 35.5. The zero-order valence-corrected chi connectivity index (χ0v) is 7.88. The lowest BCUT2D eigenvalue weighted by atomic mass is 10.5. The van der Waals surface area contributed by atoms with E-state index in [0.29, 0.717) is 6.61 Å². The van der Waals surface area contributed by atoms with Crippen LogP contribution in [0, 0.1) is 0 Å². The van der Waals surface area contributed by atoms with E-state index in [9.17, 15) is 4.79 Å². The Kier molecular flexibility index (Phi) is 4.13. The Morgan fingerprint density at radius 1 is 1.80 bits per heavy atom. The van der Waals surface area contributed by atoms with Crippen LogP contribution in [0.15, 0.2) is 0 Å². The van der Waals surface area contributed by atoms with Crippen LogP contribution in [0.25, 0.3) is 0 Å². The summed E-state index contributed by atoms with van der Waals surface area (Å²) in [6.07, 6.45) is 1.77. The van der Waals surface area contributed by atoms with Gasteiger partial charge in [0.25, 0.3) is 0 Å². The van der Waals surface area contributed by atoms with Crippen LogP contribution in [0.3, 0.4) is 0 Å². The summed E-state index contributed by atoms with van der Waals surface area (Å²) in [6.45, 7) is 3.75. The molecule has 0 bridgehead atoms. The van der Waals surface area contributed by atoms with Gasteiger partial charge in [0.15, 0.2) is 4.21 Å². The quantitative estimate of drug-likeness (QED) is 0.493. The van der Waals surface area contributed by atoms with E-state index in [2.05, 4.69) is 0 Å². The maximum atomic E-state index is 10.9. The molecule has 0 fully saturated rings. The number of esters is 1. The molecular weight excluding hydrogens is 172 g/mol. The zero-order chi connectivity index (χ0) is 8.20. The Balaban J connectivity index is 3.91. The first kappa shape index (κ1) is 10.1. The number of halogens is 1. The second kappa shape index (κ2) is 4.09. The van der Waals surface area contributed by atoms with E-state index < -0.39 is 4.21 Å². The molecule has 0 rings (SSSR count). The van der Waals surface area contributed by atoms with E-state index in [1.807, 2.05) is 0 Å². The van der Waals surface area contributed by atoms with Gasteiger partial charge in [0.05, 0.1) is 6.61 Å². The van der Waals surface area contributed by atoms with E-state index in [1.54, 1.807) is 20.1 Å². The number of hydrogen-bond acceptors (Lipinski definition) is 3. The van der Waals surface area contributed by atoms with Gasteiger partial charge in [0, 0.05) is 0 Å². The second-order valence-corrected chi connectivity index (χ2v) is 4.05. The highest BCUT2D eigenvalue weighted by Crippen LogP contribution is 2.28. The summed E-state index contributed by atoms with van der Waals surface area (Å²) in [5.74, 6) is -0.371. The summed E-state index contributed by atoms with van der Waals surface area (Å²) < 4.78 is 3.79. The Morgan fingerprint density at radius 3 is 2.60 bits per heavy atom. The summed E-state index contributed by atoms with van der Waals surface area (Å²) in [5.41, 5.74) is 0. The Labute approximate surface area is 70.3 Å². The minimum absolute atomic E-state index is 0.371. The molecule has 1 unspecified atom stereocenters. The fourth-order valence-corrected chi connectivity index (χ4v) is 0.623. The lowest BCUT2D eigenvalue weighted by molar-refractivity contribution is -0.143. The Bertz CT molecular complexity index is 125. The third-order valence-corrected chi connectivity index (χ3v) is 2.57. The maximum absolute atomic E-state index is 10.9. The molecule has 0 N–H and O–H groups in total. The predicted octanol–water partition coefficient (Wildman–Crippen LogP) is 1.87. The summed E-state index contributed by atoms with van der Waals surface area (Å²) in [6, 6.07) is 0. The molecule has 0 aromatic heterocycles. The van der Waals surface area contributed by atoms with Gasteiger partial charge in [-0.3, -0.25) is 0 Å². The average Bonchev–Trinajstić information content (AvgIpc) is 1.89. The smallest absolute Gasteiger partial charge is 0.337 e. The molecule has 0 radical (unpaired) electrons. The third-order valence-electron chi connectivity index (χ3n) is 1.02. The van der Waals surface area contributed by atoms with Gasteiger partial charge in [0.2, 0.25) is 0 Å². The third kappa shape index (κ3) is 2.80. The van der Waals surface area contributed by atoms with Gasteiger partial charge < -0.3 is 4.74 Å². The molecule has 0 spiro atoms. The number of carbonyl (C=O) groups is 1. The standard InChI is InChI=1S/C6H11ClO2S/c1-4-9-5(8)6(2,7)10-3/h4H2,1-3H3. The van der Waals surface area contributed by atoms with Crippen LogP contribution in [0.4, 0.5) is 0 Å². The zero-order valence-electron chi connectivity index (χ0n) is 6.31. The SMILES string of the molecule is CCOC(=O)C(C)(Cl)SC. The lowest BCUT2D eigenvalue weighted by Gasteiger charge is -2.16. The van der Waals surface area contributed by atoms with Crippen molar-refractivity contribution in [3.8, 4) is 0 Å². The van der Waals surface area contributed by atoms with Crippen molar-refractivity contribution in [1.82, 2.24) is 0 Å². The van der Waals surface area contributed by atoms with Gasteiger partial charge in [0.1, 0.15) is 0 Å². The number of hydrogen-bond donors (Lipinski definition) is 0. The Hall–Kier alpha value is 0.110. The molecule has 4 heteroatoms. The first-order valence-electron chi connectivity index (χ1n) is 2.96. The first-order chi connectivity index (χ1) is 4.54. The van der Waals surface area contributed by atoms with Crippen molar-refractivity contribution in [2.24, 2.45) is 0 Å². The van der Waals surface area contributed by atoms with Crippen molar-refractivity contribution in [2.75, 3.05) is 12.9 Å². The van der Waals surface area contributed by atoms with Gasteiger partial charge in [-0.1, -0.05) is 11.6 Å². The monoisotopic (exact) mass is 182 g/mol. The summed E-state index contributed by atoms with van der Waals surface area (Å²) in [5, 5.41) is 0. The highest BCUT2D eigenvalue weighted by molar-refractivity contribution is 8.02. The number of alkyl halides is 1. The van der Waals surface area contributed by atoms with Crippen LogP contribution < -0.4 is 0 Å². The van der Waals surface area contributed by atoms with Crippen LogP contribution in [0.1, 0.15) is 13.8 Å². The van der Waals surface area contributed by atoms with Crippen LogP contribution in [-0.2, 0) is 9.53 Å². The van der Waals surface area contributed by atoms with Crippen molar-refractivity contribution in [3.05, 3.63) is 0 Å². The number of ether oxygens (including phenoxy) is 1. The summed E-state index contributed by atoms with van der Waals surface area (Å²) in [4.78, 5) is 10.9. The molecule has 0 amide bonds. The molecule has 0 aliphatic heterocycles. The molecular formula is C6H11ClO2S. The molecule has 0 aromatic carbocycles. The summed E-state index contributed by atoms with van der Waals surface area (Å²) >= 11 is 7.00. The molecule has 0 aliphatic carbocycles. The van der Waals surface area contributed by atoms with Crippen LogP contribution in [0.5, 0.6) is 0 Å². The van der Waals surface area contributed by atoms with Crippen molar-refractivity contribution < 1.29 is 9.53 Å². The number of thioether (sulfide) groups is 1. The van der Waals surface area contributed by atoms with Crippen LogP contribution in [0.2, 0.25) is 0 Å². The fraction of sp³-hybridized carbons (Fsp3) is 0.833. The van der Waals surface area contributed by atoms with Gasteiger partial charge in [-0.15, -0.1) is 11.8 Å². The van der Waals surface area contributed by atoms with E-state index in [4.69, 9.17) is 16.3 Å². The van der Waals surface area contributed by atoms with Gasteiger partial charge in [-0.2, -0.15) is 0 Å². The first-order valence-corrected chi connectivity index (χ1v) is 4.56. The lowest BCUT2D eigenvalue weighted by Crippen LogP contribution is -2.26. The van der Waals surface area contributed by atoms with Crippen molar-refractivity contribution in [3.63, 3.8) is 0 Å². The summed E-state index contributed by atoms with van der Waals surface area (Å²) in [7, 11) is 0. The molecule has 0 aliphatic rings. The van der Waals surface area contributed by atoms with Gasteiger partial charge in [-0.25, -0.2) is 4.79 Å². The second-order valence-electron chi connectivity index (χ2n) is 1.84. The van der Waals surface area contributed by atoms with E-state index in [-0.39, 0.29) is 5.97 Å². The minimum atomic E-state index is -0.921. The molecule has 0 saturated heterocycles. The number of rotatable bonds is 3. The van der Waals surface area contributed by atoms with E-state index >= 15 is 0 Å². The molecule has 60 valence electrons. The molecule has 1 atom stereocenters. The van der Waals surface area contributed by atoms with Crippen molar-refractivity contribution in [2.45, 2.75) is 18.1 Å². The van der Waals surface area contributed by atoms with Gasteiger partial charge in [-0.05, 0) is 20.1 Å². The average molecular weight is 183 g/mol. The minimum Gasteiger partial charge on any atom is -0.464 e. The van der Waals surface area contributed by atoms with E-state index in [1.165, 1.54) is 11.8 Å². The molecule has 0 saturated carbocycles. The molecule has 0 aromatic rings. The molecule has 2 nitrogen and oxygen atoms in total. The highest BCUT2D eigenvalue weighted by Gasteiger charge is 2.30. The fourth-order valence-electron chi connectivity index (χ4n) is 0.343. The van der Waals surface area contributed by atoms with Crippen LogP contribution >= 0.6 is 23.4 Å². The largest absolute Gasteiger partial charge is 0.464 e. The van der Waals surface area contributed by atoms with Gasteiger partial charge >= 0.3 is 5.97 Å².